The van der Waals surface area contributed by atoms with Gasteiger partial charge in [0, 0.05) is 11.5 Å². The van der Waals surface area contributed by atoms with E-state index >= 15 is 0 Å². The Hall–Kier alpha value is -3.74. The van der Waals surface area contributed by atoms with Gasteiger partial charge in [0.15, 0.2) is 0 Å². The molecular weight excluding hydrogens is 414 g/mol. The minimum Gasteiger partial charge on any atom is -0.493 e. The Morgan fingerprint density at radius 3 is 2.70 bits per heavy atom. The zero-order valence-electron chi connectivity index (χ0n) is 19.4. The molecule has 7 heteroatoms. The third-order valence-electron chi connectivity index (χ3n) is 5.80. The average Bonchev–Trinajstić information content (AvgIpc) is 3.26. The minimum atomic E-state index is -0.291. The van der Waals surface area contributed by atoms with Crippen molar-refractivity contribution >= 4 is 23.2 Å². The van der Waals surface area contributed by atoms with E-state index in [0.29, 0.717) is 29.1 Å². The lowest BCUT2D eigenvalue weighted by Crippen LogP contribution is -2.18. The Morgan fingerprint density at radius 1 is 1.21 bits per heavy atom. The SMILES string of the molecule is CC1=C(OCc2ccc(C(C)C)cc2)C(C)CC(/C=N\NC(=O)c2ccc3n[nH]nc3c2)=C1. The van der Waals surface area contributed by atoms with Crippen molar-refractivity contribution in [3.8, 4) is 0 Å². The van der Waals surface area contributed by atoms with Crippen molar-refractivity contribution < 1.29 is 9.53 Å². The summed E-state index contributed by atoms with van der Waals surface area (Å²) in [4.78, 5) is 12.4. The molecule has 4 rings (SSSR count). The van der Waals surface area contributed by atoms with Crippen molar-refractivity contribution in [3.63, 3.8) is 0 Å². The van der Waals surface area contributed by atoms with Crippen LogP contribution in [0.1, 0.15) is 61.5 Å². The molecule has 0 aliphatic heterocycles. The predicted molar refractivity (Wildman–Crippen MR) is 130 cm³/mol. The first kappa shape index (κ1) is 22.5. The van der Waals surface area contributed by atoms with Gasteiger partial charge < -0.3 is 4.74 Å². The second-order valence-electron chi connectivity index (χ2n) is 8.78. The second kappa shape index (κ2) is 9.81. The third-order valence-corrected chi connectivity index (χ3v) is 5.80. The highest BCUT2D eigenvalue weighted by Gasteiger charge is 2.19. The number of aromatic amines is 1. The van der Waals surface area contributed by atoms with Crippen LogP contribution in [0.4, 0.5) is 0 Å². The molecule has 1 atom stereocenters. The van der Waals surface area contributed by atoms with Crippen LogP contribution in [0.2, 0.25) is 0 Å². The van der Waals surface area contributed by atoms with Crippen LogP contribution in [0.15, 0.2) is 70.5 Å². The Balaban J connectivity index is 1.36. The fourth-order valence-electron chi connectivity index (χ4n) is 3.97. The largest absolute Gasteiger partial charge is 0.493 e. The van der Waals surface area contributed by atoms with E-state index in [9.17, 15) is 4.79 Å². The average molecular weight is 444 g/mol. The molecule has 0 fully saturated rings. The molecule has 1 aromatic heterocycles. The summed E-state index contributed by atoms with van der Waals surface area (Å²) in [5, 5.41) is 14.7. The number of aromatic nitrogens is 3. The number of ether oxygens (including phenoxy) is 1. The maximum Gasteiger partial charge on any atom is 0.271 e. The first-order chi connectivity index (χ1) is 15.9. The molecule has 0 saturated carbocycles. The van der Waals surface area contributed by atoms with E-state index in [0.717, 1.165) is 28.9 Å². The highest BCUT2D eigenvalue weighted by molar-refractivity contribution is 5.97. The Morgan fingerprint density at radius 2 is 1.97 bits per heavy atom. The van der Waals surface area contributed by atoms with Crippen molar-refractivity contribution in [1.82, 2.24) is 20.8 Å². The zero-order chi connectivity index (χ0) is 23.4. The number of allylic oxidation sites excluding steroid dienone is 4. The zero-order valence-corrected chi connectivity index (χ0v) is 19.4. The molecule has 1 aliphatic carbocycles. The van der Waals surface area contributed by atoms with Gasteiger partial charge >= 0.3 is 0 Å². The van der Waals surface area contributed by atoms with Crippen molar-refractivity contribution in [3.05, 3.63) is 82.1 Å². The number of carbonyl (C=O) groups is 1. The summed E-state index contributed by atoms with van der Waals surface area (Å²) in [5.41, 5.74) is 9.03. The third kappa shape index (κ3) is 5.37. The van der Waals surface area contributed by atoms with Gasteiger partial charge in [0.25, 0.3) is 5.91 Å². The van der Waals surface area contributed by atoms with Crippen molar-refractivity contribution in [1.29, 1.82) is 0 Å². The Labute approximate surface area is 193 Å². The van der Waals surface area contributed by atoms with Crippen molar-refractivity contribution in [2.45, 2.75) is 46.6 Å². The summed E-state index contributed by atoms with van der Waals surface area (Å²) in [6.07, 6.45) is 4.56. The highest BCUT2D eigenvalue weighted by atomic mass is 16.5. The normalized spacial score (nSPS) is 16.5. The van der Waals surface area contributed by atoms with E-state index in [1.165, 1.54) is 5.56 Å². The lowest BCUT2D eigenvalue weighted by atomic mass is 9.90. The maximum absolute atomic E-state index is 12.4. The van der Waals surface area contributed by atoms with Gasteiger partial charge in [-0.3, -0.25) is 4.79 Å². The van der Waals surface area contributed by atoms with Gasteiger partial charge in [0.2, 0.25) is 0 Å². The Bertz CT molecular complexity index is 1240. The van der Waals surface area contributed by atoms with Gasteiger partial charge in [-0.1, -0.05) is 51.1 Å². The molecule has 0 spiro atoms. The van der Waals surface area contributed by atoms with Crippen LogP contribution in [-0.4, -0.2) is 27.5 Å². The number of nitrogens with one attached hydrogen (secondary N) is 2. The number of carbonyl (C=O) groups excluding carboxylic acids is 1. The van der Waals surface area contributed by atoms with Gasteiger partial charge in [0.05, 0.1) is 6.21 Å². The smallest absolute Gasteiger partial charge is 0.271 e. The van der Waals surface area contributed by atoms with Gasteiger partial charge in [-0.05, 0) is 59.7 Å². The van der Waals surface area contributed by atoms with Gasteiger partial charge in [-0.25, -0.2) is 5.43 Å². The number of H-pyrrole nitrogens is 1. The topological polar surface area (TPSA) is 92.3 Å². The van der Waals surface area contributed by atoms with Crippen LogP contribution < -0.4 is 5.43 Å². The number of nitrogens with zero attached hydrogens (tertiary/aromatic N) is 3. The number of hydrogen-bond donors (Lipinski definition) is 2. The van der Waals surface area contributed by atoms with Crippen LogP contribution in [0.5, 0.6) is 0 Å². The predicted octanol–water partition coefficient (Wildman–Crippen LogP) is 5.25. The Kier molecular flexibility index (Phi) is 6.68. The monoisotopic (exact) mass is 443 g/mol. The quantitative estimate of drug-likeness (QED) is 0.385. The molecule has 1 unspecified atom stereocenters. The van der Waals surface area contributed by atoms with E-state index < -0.39 is 0 Å². The van der Waals surface area contributed by atoms with Crippen molar-refractivity contribution in [2.24, 2.45) is 11.0 Å². The maximum atomic E-state index is 12.4. The standard InChI is InChI=1S/C26H29N5O2/c1-16(2)21-7-5-19(6-8-21)15-33-25-17(3)11-20(12-18(25)4)14-27-30-26(32)22-9-10-23-24(13-22)29-31-28-23/h5-11,13-14,16,18H,12,15H2,1-4H3,(H,30,32)(H,28,29,31)/b27-14-. The summed E-state index contributed by atoms with van der Waals surface area (Å²) in [5.74, 6) is 1.47. The minimum absolute atomic E-state index is 0.233. The first-order valence-electron chi connectivity index (χ1n) is 11.2. The molecule has 1 amide bonds. The summed E-state index contributed by atoms with van der Waals surface area (Å²) >= 11 is 0. The molecule has 0 radical (unpaired) electrons. The number of rotatable bonds is 7. The summed E-state index contributed by atoms with van der Waals surface area (Å²) in [6.45, 7) is 9.14. The fourth-order valence-corrected chi connectivity index (χ4v) is 3.97. The molecule has 1 heterocycles. The lowest BCUT2D eigenvalue weighted by molar-refractivity contribution is 0.0955. The van der Waals surface area contributed by atoms with E-state index in [2.05, 4.69) is 77.1 Å². The van der Waals surface area contributed by atoms with E-state index in [-0.39, 0.29) is 11.8 Å². The second-order valence-corrected chi connectivity index (χ2v) is 8.78. The van der Waals surface area contributed by atoms with Crippen LogP contribution in [0.3, 0.4) is 0 Å². The van der Waals surface area contributed by atoms with E-state index in [4.69, 9.17) is 4.74 Å². The van der Waals surface area contributed by atoms with E-state index in [1.807, 2.05) is 6.92 Å². The van der Waals surface area contributed by atoms with Crippen molar-refractivity contribution in [2.75, 3.05) is 0 Å². The molecular formula is C26H29N5O2. The molecule has 2 aromatic carbocycles. The molecule has 3 aromatic rings. The molecule has 1 aliphatic rings. The lowest BCUT2D eigenvalue weighted by Gasteiger charge is -2.24. The molecule has 33 heavy (non-hydrogen) atoms. The molecule has 170 valence electrons. The number of hydrazone groups is 1. The highest BCUT2D eigenvalue weighted by Crippen LogP contribution is 2.30. The first-order valence-corrected chi connectivity index (χ1v) is 11.2. The molecule has 0 saturated heterocycles. The molecule has 7 nitrogen and oxygen atoms in total. The number of benzene rings is 2. The number of amides is 1. The number of fused-ring (bicyclic) bond motifs is 1. The van der Waals surface area contributed by atoms with Crippen LogP contribution in [0, 0.1) is 5.92 Å². The summed E-state index contributed by atoms with van der Waals surface area (Å²) in [7, 11) is 0. The summed E-state index contributed by atoms with van der Waals surface area (Å²) in [6, 6.07) is 13.7. The van der Waals surface area contributed by atoms with Gasteiger partial charge in [-0.2, -0.15) is 20.5 Å². The number of hydrogen-bond acceptors (Lipinski definition) is 5. The van der Waals surface area contributed by atoms with Crippen LogP contribution in [-0.2, 0) is 11.3 Å². The fraction of sp³-hybridized carbons (Fsp3) is 0.308. The summed E-state index contributed by atoms with van der Waals surface area (Å²) < 4.78 is 6.18. The van der Waals surface area contributed by atoms with Crippen LogP contribution in [0.25, 0.3) is 11.0 Å². The van der Waals surface area contributed by atoms with E-state index in [1.54, 1.807) is 24.4 Å². The molecule has 0 bridgehead atoms. The van der Waals surface area contributed by atoms with Gasteiger partial charge in [-0.15, -0.1) is 0 Å². The van der Waals surface area contributed by atoms with Crippen LogP contribution >= 0.6 is 0 Å². The molecule has 2 N–H and O–H groups in total. The van der Waals surface area contributed by atoms with Gasteiger partial charge in [0.1, 0.15) is 23.4 Å².